The molecule has 0 saturated carbocycles. The van der Waals surface area contributed by atoms with E-state index in [4.69, 9.17) is 9.05 Å². The van der Waals surface area contributed by atoms with Crippen LogP contribution in [0.25, 0.3) is 0 Å². The van der Waals surface area contributed by atoms with Crippen molar-refractivity contribution < 1.29 is 18.4 Å². The predicted octanol–water partition coefficient (Wildman–Crippen LogP) is 4.11. The standard InChI is InChI=1S/C18H22NO4P/c1-15(2)13-19-18(20)14-24(21,22-16-9-5-3-6-10-16)23-17-11-7-4-8-12-17/h3-12,15H,13-14H2,1-2H3,(H,19,20). The third-order valence-electron chi connectivity index (χ3n) is 3.02. The first-order valence-corrected chi connectivity index (χ1v) is 9.55. The molecule has 0 radical (unpaired) electrons. The molecule has 6 heteroatoms. The van der Waals surface area contributed by atoms with Crippen LogP contribution in [0.5, 0.6) is 11.5 Å². The highest BCUT2D eigenvalue weighted by atomic mass is 31.2. The van der Waals surface area contributed by atoms with Gasteiger partial charge in [-0.15, -0.1) is 0 Å². The molecule has 2 rings (SSSR count). The SMILES string of the molecule is CC(C)CNC(=O)CP(=O)(Oc1ccccc1)Oc1ccccc1. The number of carbonyl (C=O) groups excluding carboxylic acids is 1. The summed E-state index contributed by atoms with van der Waals surface area (Å²) >= 11 is 0. The van der Waals surface area contributed by atoms with Crippen LogP contribution in [0.2, 0.25) is 0 Å². The molecule has 0 aliphatic rings. The summed E-state index contributed by atoms with van der Waals surface area (Å²) in [5.74, 6) is 0.735. The number of benzene rings is 2. The molecule has 24 heavy (non-hydrogen) atoms. The number of hydrogen-bond donors (Lipinski definition) is 1. The Balaban J connectivity index is 2.14. The van der Waals surface area contributed by atoms with Gasteiger partial charge in [-0.3, -0.25) is 4.79 Å². The molecule has 1 N–H and O–H groups in total. The Kier molecular flexibility index (Phi) is 6.44. The van der Waals surface area contributed by atoms with Crippen molar-refractivity contribution in [3.05, 3.63) is 60.7 Å². The highest BCUT2D eigenvalue weighted by molar-refractivity contribution is 7.55. The Bertz CT molecular complexity index is 643. The number of hydrogen-bond acceptors (Lipinski definition) is 4. The van der Waals surface area contributed by atoms with Gasteiger partial charge in [-0.25, -0.2) is 4.57 Å². The first kappa shape index (κ1) is 18.1. The van der Waals surface area contributed by atoms with Gasteiger partial charge >= 0.3 is 7.60 Å². The summed E-state index contributed by atoms with van der Waals surface area (Å²) in [4.78, 5) is 12.1. The monoisotopic (exact) mass is 347 g/mol. The average Bonchev–Trinajstić information content (AvgIpc) is 2.54. The molecule has 1 amide bonds. The van der Waals surface area contributed by atoms with Gasteiger partial charge in [0, 0.05) is 6.54 Å². The molecule has 0 aromatic heterocycles. The number of carbonyl (C=O) groups is 1. The number of para-hydroxylation sites is 2. The van der Waals surface area contributed by atoms with Crippen LogP contribution in [0.4, 0.5) is 0 Å². The van der Waals surface area contributed by atoms with E-state index in [9.17, 15) is 9.36 Å². The lowest BCUT2D eigenvalue weighted by Gasteiger charge is -2.20. The van der Waals surface area contributed by atoms with E-state index in [1.165, 1.54) is 0 Å². The van der Waals surface area contributed by atoms with Crippen LogP contribution < -0.4 is 14.4 Å². The second-order valence-electron chi connectivity index (χ2n) is 5.78. The van der Waals surface area contributed by atoms with Crippen molar-refractivity contribution >= 4 is 13.5 Å². The lowest BCUT2D eigenvalue weighted by atomic mass is 10.2. The minimum Gasteiger partial charge on any atom is -0.416 e. The van der Waals surface area contributed by atoms with Gasteiger partial charge in [0.15, 0.2) is 6.16 Å². The van der Waals surface area contributed by atoms with Crippen LogP contribution in [0.3, 0.4) is 0 Å². The van der Waals surface area contributed by atoms with Crippen molar-refractivity contribution in [3.63, 3.8) is 0 Å². The van der Waals surface area contributed by atoms with Gasteiger partial charge in [-0.2, -0.15) is 0 Å². The zero-order chi connectivity index (χ0) is 17.4. The molecule has 2 aromatic rings. The largest absolute Gasteiger partial charge is 0.440 e. The van der Waals surface area contributed by atoms with Gasteiger partial charge in [0.1, 0.15) is 11.5 Å². The molecule has 2 aromatic carbocycles. The molecule has 0 aliphatic heterocycles. The maximum Gasteiger partial charge on any atom is 0.440 e. The van der Waals surface area contributed by atoms with Crippen LogP contribution in [-0.4, -0.2) is 18.6 Å². The van der Waals surface area contributed by atoms with Gasteiger partial charge in [-0.1, -0.05) is 50.2 Å². The normalized spacial score (nSPS) is 11.1. The van der Waals surface area contributed by atoms with Gasteiger partial charge in [0.25, 0.3) is 0 Å². The Morgan fingerprint density at radius 3 is 1.83 bits per heavy atom. The zero-order valence-corrected chi connectivity index (χ0v) is 14.7. The summed E-state index contributed by atoms with van der Waals surface area (Å²) < 4.78 is 24.2. The van der Waals surface area contributed by atoms with Crippen LogP contribution in [0.1, 0.15) is 13.8 Å². The van der Waals surface area contributed by atoms with Gasteiger partial charge in [0.05, 0.1) is 0 Å². The van der Waals surface area contributed by atoms with Crippen LogP contribution in [0, 0.1) is 5.92 Å². The third-order valence-corrected chi connectivity index (χ3v) is 4.67. The minimum atomic E-state index is -3.69. The van der Waals surface area contributed by atoms with Gasteiger partial charge < -0.3 is 14.4 Å². The van der Waals surface area contributed by atoms with E-state index >= 15 is 0 Å². The second kappa shape index (κ2) is 8.55. The number of rotatable bonds is 8. The average molecular weight is 347 g/mol. The van der Waals surface area contributed by atoms with Crippen molar-refractivity contribution in [2.24, 2.45) is 5.92 Å². The summed E-state index contributed by atoms with van der Waals surface area (Å²) in [7, 11) is -3.69. The lowest BCUT2D eigenvalue weighted by Crippen LogP contribution is -2.31. The van der Waals surface area contributed by atoms with Gasteiger partial charge in [-0.05, 0) is 30.2 Å². The fraction of sp³-hybridized carbons (Fsp3) is 0.278. The molecule has 0 fully saturated rings. The maximum atomic E-state index is 13.1. The zero-order valence-electron chi connectivity index (χ0n) is 13.8. The molecule has 0 bridgehead atoms. The van der Waals surface area contributed by atoms with Crippen molar-refractivity contribution in [2.45, 2.75) is 13.8 Å². The molecular weight excluding hydrogens is 325 g/mol. The van der Waals surface area contributed by atoms with E-state index in [1.807, 2.05) is 26.0 Å². The summed E-state index contributed by atoms with van der Waals surface area (Å²) in [6.45, 7) is 4.48. The van der Waals surface area contributed by atoms with Gasteiger partial charge in [0.2, 0.25) is 5.91 Å². The highest BCUT2D eigenvalue weighted by Gasteiger charge is 2.32. The van der Waals surface area contributed by atoms with Crippen molar-refractivity contribution in [2.75, 3.05) is 12.7 Å². The molecule has 0 spiro atoms. The third kappa shape index (κ3) is 6.09. The quantitative estimate of drug-likeness (QED) is 0.730. The summed E-state index contributed by atoms with van der Waals surface area (Å²) in [6, 6.07) is 17.4. The summed E-state index contributed by atoms with van der Waals surface area (Å²) in [5.41, 5.74) is 0. The number of amides is 1. The Morgan fingerprint density at radius 1 is 0.958 bits per heavy atom. The van der Waals surface area contributed by atoms with Crippen LogP contribution in [0.15, 0.2) is 60.7 Å². The highest BCUT2D eigenvalue weighted by Crippen LogP contribution is 2.48. The Morgan fingerprint density at radius 2 is 1.42 bits per heavy atom. The van der Waals surface area contributed by atoms with E-state index in [0.717, 1.165) is 0 Å². The summed E-state index contributed by atoms with van der Waals surface area (Å²) in [5, 5.41) is 2.74. The van der Waals surface area contributed by atoms with Crippen molar-refractivity contribution in [1.82, 2.24) is 5.32 Å². The molecule has 0 unspecified atom stereocenters. The molecule has 0 atom stereocenters. The fourth-order valence-corrected chi connectivity index (χ4v) is 3.43. The Hall–Kier alpha value is -2.26. The topological polar surface area (TPSA) is 64.6 Å². The lowest BCUT2D eigenvalue weighted by molar-refractivity contribution is -0.118. The Labute approximate surface area is 142 Å². The van der Waals surface area contributed by atoms with Crippen LogP contribution >= 0.6 is 7.60 Å². The first-order chi connectivity index (χ1) is 11.5. The molecule has 0 saturated heterocycles. The first-order valence-electron chi connectivity index (χ1n) is 7.82. The smallest absolute Gasteiger partial charge is 0.416 e. The fourth-order valence-electron chi connectivity index (χ4n) is 1.92. The van der Waals surface area contributed by atoms with Crippen molar-refractivity contribution in [3.8, 4) is 11.5 Å². The predicted molar refractivity (Wildman–Crippen MR) is 94.5 cm³/mol. The van der Waals surface area contributed by atoms with Crippen molar-refractivity contribution in [1.29, 1.82) is 0 Å². The number of nitrogens with one attached hydrogen (secondary N) is 1. The molecule has 128 valence electrons. The summed E-state index contributed by atoms with van der Waals surface area (Å²) in [6.07, 6.45) is -0.344. The van der Waals surface area contributed by atoms with E-state index in [0.29, 0.717) is 24.0 Å². The molecular formula is C18H22NO4P. The second-order valence-corrected chi connectivity index (χ2v) is 7.68. The van der Waals surface area contributed by atoms with E-state index < -0.39 is 7.60 Å². The minimum absolute atomic E-state index is 0.304. The molecule has 0 heterocycles. The van der Waals surface area contributed by atoms with E-state index in [2.05, 4.69) is 5.32 Å². The van der Waals surface area contributed by atoms with E-state index in [-0.39, 0.29) is 12.1 Å². The van der Waals surface area contributed by atoms with Crippen LogP contribution in [-0.2, 0) is 9.36 Å². The molecule has 5 nitrogen and oxygen atoms in total. The molecule has 0 aliphatic carbocycles. The maximum absolute atomic E-state index is 13.1. The van der Waals surface area contributed by atoms with E-state index in [1.54, 1.807) is 48.5 Å².